The lowest BCUT2D eigenvalue weighted by atomic mass is 10.00. The summed E-state index contributed by atoms with van der Waals surface area (Å²) >= 11 is 0. The molecule has 108 valence electrons. The lowest BCUT2D eigenvalue weighted by Crippen LogP contribution is -2.12. The highest BCUT2D eigenvalue weighted by atomic mass is 19.4. The van der Waals surface area contributed by atoms with Gasteiger partial charge in [-0.3, -0.25) is 9.59 Å². The first-order chi connectivity index (χ1) is 9.35. The molecule has 0 saturated carbocycles. The zero-order chi connectivity index (χ0) is 14.8. The van der Waals surface area contributed by atoms with Crippen LogP contribution < -0.4 is 5.32 Å². The van der Waals surface area contributed by atoms with Crippen LogP contribution in [0.15, 0.2) is 18.2 Å². The Bertz CT molecular complexity index is 538. The van der Waals surface area contributed by atoms with Crippen molar-refractivity contribution >= 4 is 17.4 Å². The number of hydrogen-bond acceptors (Lipinski definition) is 2. The van der Waals surface area contributed by atoms with Crippen LogP contribution in [0, 0.1) is 0 Å². The zero-order valence-corrected chi connectivity index (χ0v) is 10.7. The van der Waals surface area contributed by atoms with Gasteiger partial charge in [-0.2, -0.15) is 13.2 Å². The molecule has 1 aromatic rings. The molecule has 1 aromatic carbocycles. The van der Waals surface area contributed by atoms with Crippen molar-refractivity contribution < 1.29 is 22.8 Å². The van der Waals surface area contributed by atoms with E-state index in [2.05, 4.69) is 5.32 Å². The first-order valence-electron chi connectivity index (χ1n) is 6.38. The number of halogens is 3. The molecule has 0 fully saturated rings. The maximum atomic E-state index is 12.1. The molecule has 0 spiro atoms. The van der Waals surface area contributed by atoms with Gasteiger partial charge in [0, 0.05) is 24.1 Å². The number of nitrogens with one attached hydrogen (secondary N) is 1. The number of rotatable bonds is 3. The van der Waals surface area contributed by atoms with E-state index in [1.54, 1.807) is 12.1 Å². The van der Waals surface area contributed by atoms with Crippen molar-refractivity contribution in [2.24, 2.45) is 0 Å². The molecule has 1 amide bonds. The van der Waals surface area contributed by atoms with E-state index in [1.165, 1.54) is 6.07 Å². The summed E-state index contributed by atoms with van der Waals surface area (Å²) in [7, 11) is 0. The van der Waals surface area contributed by atoms with Crippen molar-refractivity contribution in [1.82, 2.24) is 0 Å². The van der Waals surface area contributed by atoms with Crippen LogP contribution in [0.25, 0.3) is 0 Å². The third-order valence-corrected chi connectivity index (χ3v) is 3.19. The molecular formula is C14H14F3NO2. The highest BCUT2D eigenvalue weighted by Gasteiger charge is 2.28. The molecule has 0 atom stereocenters. The Labute approximate surface area is 114 Å². The number of carbonyl (C=O) groups is 2. The summed E-state index contributed by atoms with van der Waals surface area (Å²) in [5.41, 5.74) is 1.71. The van der Waals surface area contributed by atoms with Crippen LogP contribution in [-0.4, -0.2) is 17.9 Å². The Morgan fingerprint density at radius 2 is 2.00 bits per heavy atom. The van der Waals surface area contributed by atoms with Crippen molar-refractivity contribution in [3.05, 3.63) is 29.3 Å². The minimum atomic E-state index is -4.32. The SMILES string of the molecule is O=C1CCCc2cc(C(=O)CCC(F)(F)F)ccc2N1. The summed E-state index contributed by atoms with van der Waals surface area (Å²) in [6.07, 6.45) is -4.27. The Kier molecular flexibility index (Phi) is 4.11. The van der Waals surface area contributed by atoms with Gasteiger partial charge in [0.05, 0.1) is 6.42 Å². The van der Waals surface area contributed by atoms with E-state index in [-0.39, 0.29) is 11.5 Å². The fourth-order valence-electron chi connectivity index (χ4n) is 2.15. The number of Topliss-reactive ketones (excluding diaryl/α,β-unsaturated/α-hetero) is 1. The minimum absolute atomic E-state index is 0.0834. The van der Waals surface area contributed by atoms with Crippen molar-refractivity contribution in [2.45, 2.75) is 38.3 Å². The standard InChI is InChI=1S/C14H14F3NO2/c15-14(16,17)7-6-12(19)10-4-5-11-9(8-10)2-1-3-13(20)18-11/h4-5,8H,1-3,6-7H2,(H,18,20). The zero-order valence-electron chi connectivity index (χ0n) is 10.7. The fourth-order valence-corrected chi connectivity index (χ4v) is 2.15. The Balaban J connectivity index is 2.12. The summed E-state index contributed by atoms with van der Waals surface area (Å²) in [6.45, 7) is 0. The van der Waals surface area contributed by atoms with E-state index in [0.29, 0.717) is 24.9 Å². The number of anilines is 1. The Hall–Kier alpha value is -1.85. The van der Waals surface area contributed by atoms with E-state index in [9.17, 15) is 22.8 Å². The number of hydrogen-bond donors (Lipinski definition) is 1. The first-order valence-corrected chi connectivity index (χ1v) is 6.38. The van der Waals surface area contributed by atoms with E-state index in [1.807, 2.05) is 0 Å². The third-order valence-electron chi connectivity index (χ3n) is 3.19. The highest BCUT2D eigenvalue weighted by Crippen LogP contribution is 2.26. The molecular weight excluding hydrogens is 271 g/mol. The average Bonchev–Trinajstić information content (AvgIpc) is 2.54. The van der Waals surface area contributed by atoms with Gasteiger partial charge in [0.1, 0.15) is 0 Å². The van der Waals surface area contributed by atoms with Crippen molar-refractivity contribution in [2.75, 3.05) is 5.32 Å². The average molecular weight is 285 g/mol. The topological polar surface area (TPSA) is 46.2 Å². The molecule has 0 bridgehead atoms. The molecule has 20 heavy (non-hydrogen) atoms. The van der Waals surface area contributed by atoms with Crippen molar-refractivity contribution in [3.63, 3.8) is 0 Å². The summed E-state index contributed by atoms with van der Waals surface area (Å²) in [4.78, 5) is 23.1. The largest absolute Gasteiger partial charge is 0.389 e. The molecule has 0 unspecified atom stereocenters. The molecule has 3 nitrogen and oxygen atoms in total. The predicted octanol–water partition coefficient (Wildman–Crippen LogP) is 3.49. The smallest absolute Gasteiger partial charge is 0.326 e. The number of benzene rings is 1. The second kappa shape index (κ2) is 5.64. The van der Waals surface area contributed by atoms with Gasteiger partial charge >= 0.3 is 6.18 Å². The Morgan fingerprint density at radius 1 is 1.25 bits per heavy atom. The second-order valence-electron chi connectivity index (χ2n) is 4.81. The van der Waals surface area contributed by atoms with Gasteiger partial charge in [-0.15, -0.1) is 0 Å². The highest BCUT2D eigenvalue weighted by molar-refractivity contribution is 5.98. The van der Waals surface area contributed by atoms with Gasteiger partial charge in [0.15, 0.2) is 5.78 Å². The summed E-state index contributed by atoms with van der Waals surface area (Å²) in [5, 5.41) is 2.71. The molecule has 0 aromatic heterocycles. The van der Waals surface area contributed by atoms with Gasteiger partial charge in [-0.1, -0.05) is 0 Å². The van der Waals surface area contributed by atoms with Crippen LogP contribution in [-0.2, 0) is 11.2 Å². The van der Waals surface area contributed by atoms with E-state index >= 15 is 0 Å². The molecule has 1 aliphatic rings. The van der Waals surface area contributed by atoms with Crippen LogP contribution >= 0.6 is 0 Å². The van der Waals surface area contributed by atoms with E-state index in [4.69, 9.17) is 0 Å². The van der Waals surface area contributed by atoms with Gasteiger partial charge in [-0.25, -0.2) is 0 Å². The van der Waals surface area contributed by atoms with Gasteiger partial charge < -0.3 is 5.32 Å². The lowest BCUT2D eigenvalue weighted by Gasteiger charge is -2.09. The number of amides is 1. The van der Waals surface area contributed by atoms with Gasteiger partial charge in [-0.05, 0) is 36.6 Å². The molecule has 1 heterocycles. The fraction of sp³-hybridized carbons (Fsp3) is 0.429. The van der Waals surface area contributed by atoms with Crippen LogP contribution in [0.3, 0.4) is 0 Å². The first kappa shape index (κ1) is 14.6. The molecule has 6 heteroatoms. The monoisotopic (exact) mass is 285 g/mol. The molecule has 0 radical (unpaired) electrons. The Morgan fingerprint density at radius 3 is 2.70 bits per heavy atom. The molecule has 0 saturated heterocycles. The van der Waals surface area contributed by atoms with Gasteiger partial charge in [0.2, 0.25) is 5.91 Å². The quantitative estimate of drug-likeness (QED) is 0.864. The maximum Gasteiger partial charge on any atom is 0.389 e. The normalized spacial score (nSPS) is 15.2. The summed E-state index contributed by atoms with van der Waals surface area (Å²) in [5.74, 6) is -0.611. The lowest BCUT2D eigenvalue weighted by molar-refractivity contribution is -0.133. The second-order valence-corrected chi connectivity index (χ2v) is 4.81. The third kappa shape index (κ3) is 3.82. The maximum absolute atomic E-state index is 12.1. The molecule has 2 rings (SSSR count). The van der Waals surface area contributed by atoms with Crippen LogP contribution in [0.1, 0.15) is 41.6 Å². The van der Waals surface area contributed by atoms with E-state index in [0.717, 1.165) is 5.56 Å². The predicted molar refractivity (Wildman–Crippen MR) is 67.6 cm³/mol. The minimum Gasteiger partial charge on any atom is -0.326 e. The van der Waals surface area contributed by atoms with Crippen LogP contribution in [0.5, 0.6) is 0 Å². The van der Waals surface area contributed by atoms with Crippen LogP contribution in [0.2, 0.25) is 0 Å². The van der Waals surface area contributed by atoms with Gasteiger partial charge in [0.25, 0.3) is 0 Å². The number of ketones is 1. The summed E-state index contributed by atoms with van der Waals surface area (Å²) in [6, 6.07) is 4.63. The number of alkyl halides is 3. The molecule has 1 aliphatic heterocycles. The van der Waals surface area contributed by atoms with Crippen molar-refractivity contribution in [3.8, 4) is 0 Å². The summed E-state index contributed by atoms with van der Waals surface area (Å²) < 4.78 is 36.3. The molecule has 1 N–H and O–H groups in total. The van der Waals surface area contributed by atoms with Crippen molar-refractivity contribution in [1.29, 1.82) is 0 Å². The number of fused-ring (bicyclic) bond motifs is 1. The number of aryl methyl sites for hydroxylation is 1. The van der Waals surface area contributed by atoms with E-state index < -0.39 is 24.8 Å². The molecule has 0 aliphatic carbocycles. The van der Waals surface area contributed by atoms with Crippen LogP contribution in [0.4, 0.5) is 18.9 Å². The number of carbonyl (C=O) groups excluding carboxylic acids is 2.